The van der Waals surface area contributed by atoms with E-state index in [0.717, 1.165) is 28.3 Å². The number of rotatable bonds is 9. The van der Waals surface area contributed by atoms with Crippen LogP contribution in [0.15, 0.2) is 61.2 Å². The molecule has 4 aromatic rings. The number of aliphatic hydroxyl groups excluding tert-OH is 1. The van der Waals surface area contributed by atoms with Gasteiger partial charge in [0.25, 0.3) is 6.43 Å². The molecule has 0 saturated carbocycles. The second kappa shape index (κ2) is 10.7. The smallest absolute Gasteiger partial charge is 0.395 e. The van der Waals surface area contributed by atoms with Gasteiger partial charge in [-0.2, -0.15) is 0 Å². The number of aryl methyl sites for hydroxylation is 2. The van der Waals surface area contributed by atoms with E-state index in [0.29, 0.717) is 0 Å². The predicted octanol–water partition coefficient (Wildman–Crippen LogP) is 4.54. The van der Waals surface area contributed by atoms with Gasteiger partial charge in [-0.3, -0.25) is 9.09 Å². The van der Waals surface area contributed by atoms with Gasteiger partial charge >= 0.3 is 7.82 Å². The zero-order valence-electron chi connectivity index (χ0n) is 21.2. The topological polar surface area (TPSA) is 144 Å². The molecular formula is C25H25F3N5O6P. The largest absolute Gasteiger partial charge is 0.587 e. The van der Waals surface area contributed by atoms with Gasteiger partial charge in [-0.05, 0) is 38.1 Å². The second-order valence-corrected chi connectivity index (χ2v) is 10.8. The standard InChI is InChI=1S/C25H25F3N5O6P/c1-14-3-7-16(8-4-14)38-40(35,39-17-9-5-15(2)6-10-17)36-11-25(24(27)28)20(34)18(26)23(37-25)33-13-32-19-21(29)30-12-31-22(19)33/h3-10,12-13,18,20,23-24,34H,11H2,1-2H3,(H2,29,30,31)/t18-,20-,23+,25+/m0/s1. The van der Waals surface area contributed by atoms with Crippen molar-refractivity contribution in [2.24, 2.45) is 0 Å². The SMILES string of the molecule is Cc1ccc(OP(=O)(OC[C@@]2(C(F)F)O[C@@H](n3cnc4c(N)ncnc43)[C@@H](F)[C@@H]2O)Oc2ccc(C)cc2)cc1. The molecule has 3 heterocycles. The molecule has 1 fully saturated rings. The zero-order chi connectivity index (χ0) is 28.7. The lowest BCUT2D eigenvalue weighted by Gasteiger charge is -2.31. The normalized spacial score (nSPS) is 23.1. The van der Waals surface area contributed by atoms with E-state index in [9.17, 15) is 18.5 Å². The summed E-state index contributed by atoms with van der Waals surface area (Å²) in [5.41, 5.74) is 4.62. The van der Waals surface area contributed by atoms with Crippen molar-refractivity contribution in [1.82, 2.24) is 19.5 Å². The number of ether oxygens (including phenoxy) is 1. The third-order valence-corrected chi connectivity index (χ3v) is 7.68. The van der Waals surface area contributed by atoms with Crippen molar-refractivity contribution < 1.29 is 41.2 Å². The number of imidazole rings is 1. The molecule has 5 rings (SSSR count). The van der Waals surface area contributed by atoms with Crippen molar-refractivity contribution in [3.05, 3.63) is 72.3 Å². The summed E-state index contributed by atoms with van der Waals surface area (Å²) in [7, 11) is -4.70. The van der Waals surface area contributed by atoms with Crippen LogP contribution >= 0.6 is 7.82 Å². The maximum atomic E-state index is 15.4. The fraction of sp³-hybridized carbons (Fsp3) is 0.320. The number of benzene rings is 2. The van der Waals surface area contributed by atoms with E-state index in [1.807, 2.05) is 13.8 Å². The number of aromatic nitrogens is 4. The van der Waals surface area contributed by atoms with E-state index < -0.39 is 45.0 Å². The van der Waals surface area contributed by atoms with Crippen LogP contribution in [0.5, 0.6) is 11.5 Å². The van der Waals surface area contributed by atoms with Crippen LogP contribution in [0.3, 0.4) is 0 Å². The minimum atomic E-state index is -4.70. The lowest BCUT2D eigenvalue weighted by Crippen LogP contribution is -2.52. The Kier molecular flexibility index (Phi) is 7.44. The van der Waals surface area contributed by atoms with Gasteiger partial charge < -0.3 is 24.6 Å². The summed E-state index contributed by atoms with van der Waals surface area (Å²) >= 11 is 0. The molecule has 212 valence electrons. The molecule has 2 aromatic carbocycles. The molecule has 0 bridgehead atoms. The number of phosphoric acid groups is 1. The maximum Gasteiger partial charge on any atom is 0.587 e. The summed E-state index contributed by atoms with van der Waals surface area (Å²) in [6.07, 6.45) is -7.94. The van der Waals surface area contributed by atoms with Crippen LogP contribution in [0.25, 0.3) is 11.2 Å². The molecule has 0 aliphatic carbocycles. The summed E-state index contributed by atoms with van der Waals surface area (Å²) in [4.78, 5) is 11.7. The average Bonchev–Trinajstić information content (AvgIpc) is 3.46. The number of aliphatic hydroxyl groups is 1. The number of nitrogens with zero attached hydrogens (tertiary/aromatic N) is 4. The molecule has 1 aliphatic heterocycles. The highest BCUT2D eigenvalue weighted by atomic mass is 31.2. The lowest BCUT2D eigenvalue weighted by molar-refractivity contribution is -0.192. The minimum Gasteiger partial charge on any atom is -0.395 e. The lowest BCUT2D eigenvalue weighted by atomic mass is 9.97. The number of fused-ring (bicyclic) bond motifs is 1. The number of hydrogen-bond acceptors (Lipinski definition) is 10. The van der Waals surface area contributed by atoms with E-state index in [2.05, 4.69) is 15.0 Å². The first kappa shape index (κ1) is 27.8. The summed E-state index contributed by atoms with van der Waals surface area (Å²) < 4.78 is 81.1. The Balaban J connectivity index is 1.45. The molecule has 2 aromatic heterocycles. The van der Waals surface area contributed by atoms with Gasteiger partial charge in [-0.25, -0.2) is 32.7 Å². The van der Waals surface area contributed by atoms with Gasteiger partial charge in [0, 0.05) is 0 Å². The van der Waals surface area contributed by atoms with E-state index in [4.69, 9.17) is 24.0 Å². The average molecular weight is 579 g/mol. The van der Waals surface area contributed by atoms with Crippen molar-refractivity contribution in [3.8, 4) is 11.5 Å². The van der Waals surface area contributed by atoms with E-state index >= 15 is 4.39 Å². The number of alkyl halides is 3. The van der Waals surface area contributed by atoms with Crippen molar-refractivity contribution in [3.63, 3.8) is 0 Å². The first-order valence-electron chi connectivity index (χ1n) is 12.0. The molecule has 0 spiro atoms. The van der Waals surface area contributed by atoms with E-state index in [-0.39, 0.29) is 28.5 Å². The molecule has 0 unspecified atom stereocenters. The minimum absolute atomic E-state index is 0.00517. The molecule has 3 N–H and O–H groups in total. The van der Waals surface area contributed by atoms with Crippen molar-refractivity contribution in [2.45, 2.75) is 44.4 Å². The Bertz CT molecular complexity index is 1490. The molecular weight excluding hydrogens is 554 g/mol. The van der Waals surface area contributed by atoms with Gasteiger partial charge in [0.1, 0.15) is 29.4 Å². The Morgan fingerprint density at radius 1 is 1.05 bits per heavy atom. The fourth-order valence-electron chi connectivity index (χ4n) is 4.12. The van der Waals surface area contributed by atoms with Crippen LogP contribution in [0.4, 0.5) is 19.0 Å². The highest BCUT2D eigenvalue weighted by Gasteiger charge is 2.62. The third kappa shape index (κ3) is 5.22. The predicted molar refractivity (Wildman–Crippen MR) is 137 cm³/mol. The van der Waals surface area contributed by atoms with Crippen LogP contribution in [0, 0.1) is 13.8 Å². The van der Waals surface area contributed by atoms with Crippen LogP contribution < -0.4 is 14.8 Å². The van der Waals surface area contributed by atoms with Crippen LogP contribution in [0.2, 0.25) is 0 Å². The first-order chi connectivity index (χ1) is 19.0. The Hall–Kier alpha value is -3.71. The van der Waals surface area contributed by atoms with Crippen LogP contribution in [-0.2, 0) is 13.8 Å². The van der Waals surface area contributed by atoms with E-state index in [1.54, 1.807) is 24.3 Å². The van der Waals surface area contributed by atoms with Crippen molar-refractivity contribution in [2.75, 3.05) is 12.3 Å². The highest BCUT2D eigenvalue weighted by molar-refractivity contribution is 7.49. The Morgan fingerprint density at radius 2 is 1.62 bits per heavy atom. The van der Waals surface area contributed by atoms with Gasteiger partial charge in [0.15, 0.2) is 29.5 Å². The van der Waals surface area contributed by atoms with Crippen molar-refractivity contribution in [1.29, 1.82) is 0 Å². The highest BCUT2D eigenvalue weighted by Crippen LogP contribution is 2.52. The molecule has 0 amide bonds. The van der Waals surface area contributed by atoms with Crippen LogP contribution in [-0.4, -0.2) is 55.5 Å². The molecule has 11 nitrogen and oxygen atoms in total. The quantitative estimate of drug-likeness (QED) is 0.271. The Labute approximate surface area is 226 Å². The summed E-state index contributed by atoms with van der Waals surface area (Å²) in [6.45, 7) is 2.38. The molecule has 4 atom stereocenters. The number of halogens is 3. The van der Waals surface area contributed by atoms with Gasteiger partial charge in [-0.15, -0.1) is 0 Å². The molecule has 15 heteroatoms. The number of hydrogen-bond donors (Lipinski definition) is 2. The van der Waals surface area contributed by atoms with Gasteiger partial charge in [0.05, 0.1) is 12.9 Å². The first-order valence-corrected chi connectivity index (χ1v) is 13.5. The summed E-state index contributed by atoms with van der Waals surface area (Å²) in [6, 6.07) is 12.6. The zero-order valence-corrected chi connectivity index (χ0v) is 22.1. The molecule has 1 saturated heterocycles. The van der Waals surface area contributed by atoms with E-state index in [1.165, 1.54) is 24.3 Å². The second-order valence-electron chi connectivity index (χ2n) is 9.27. The number of phosphoric ester groups is 1. The number of nitrogens with two attached hydrogens (primary N) is 1. The Morgan fingerprint density at radius 3 is 2.17 bits per heavy atom. The monoisotopic (exact) mass is 579 g/mol. The van der Waals surface area contributed by atoms with Gasteiger partial charge in [0.2, 0.25) is 0 Å². The van der Waals surface area contributed by atoms with Gasteiger partial charge in [-0.1, -0.05) is 35.4 Å². The maximum absolute atomic E-state index is 15.4. The fourth-order valence-corrected chi connectivity index (χ4v) is 5.38. The summed E-state index contributed by atoms with van der Waals surface area (Å²) in [5.74, 6) is 0.0930. The summed E-state index contributed by atoms with van der Waals surface area (Å²) in [5, 5.41) is 10.7. The molecule has 40 heavy (non-hydrogen) atoms. The third-order valence-electron chi connectivity index (χ3n) is 6.37. The number of anilines is 1. The molecule has 1 aliphatic rings. The van der Waals surface area contributed by atoms with Crippen molar-refractivity contribution >= 4 is 24.8 Å². The molecule has 0 radical (unpaired) electrons. The number of nitrogen functional groups attached to an aromatic ring is 1. The van der Waals surface area contributed by atoms with Crippen LogP contribution in [0.1, 0.15) is 17.4 Å².